The van der Waals surface area contributed by atoms with Gasteiger partial charge in [0.05, 0.1) is 12.0 Å². The zero-order valence-electron chi connectivity index (χ0n) is 16.0. The highest BCUT2D eigenvalue weighted by Gasteiger charge is 2.37. The van der Waals surface area contributed by atoms with Gasteiger partial charge < -0.3 is 10.2 Å². The van der Waals surface area contributed by atoms with Gasteiger partial charge in [-0.25, -0.2) is 0 Å². The van der Waals surface area contributed by atoms with Crippen molar-refractivity contribution in [3.63, 3.8) is 0 Å². The van der Waals surface area contributed by atoms with Gasteiger partial charge >= 0.3 is 0 Å². The molecule has 1 saturated carbocycles. The van der Waals surface area contributed by atoms with E-state index in [0.717, 1.165) is 45.1 Å². The summed E-state index contributed by atoms with van der Waals surface area (Å²) in [5.74, 6) is 0.556. The first-order valence-electron chi connectivity index (χ1n) is 10.3. The highest BCUT2D eigenvalue weighted by Crippen LogP contribution is 2.32. The number of piperidine rings is 1. The van der Waals surface area contributed by atoms with Crippen molar-refractivity contribution in [1.82, 2.24) is 10.2 Å². The van der Waals surface area contributed by atoms with Gasteiger partial charge in [-0.2, -0.15) is 0 Å². The van der Waals surface area contributed by atoms with E-state index in [1.807, 2.05) is 23.1 Å². The normalized spacial score (nSPS) is 21.3. The van der Waals surface area contributed by atoms with Gasteiger partial charge in [0.15, 0.2) is 0 Å². The molecule has 0 spiro atoms. The van der Waals surface area contributed by atoms with Crippen LogP contribution >= 0.6 is 0 Å². The second-order valence-corrected chi connectivity index (χ2v) is 7.87. The van der Waals surface area contributed by atoms with Crippen molar-refractivity contribution in [1.29, 1.82) is 0 Å². The van der Waals surface area contributed by atoms with E-state index in [0.29, 0.717) is 6.54 Å². The summed E-state index contributed by atoms with van der Waals surface area (Å²) < 4.78 is 0. The highest BCUT2D eigenvalue weighted by atomic mass is 16.2. The fourth-order valence-corrected chi connectivity index (χ4v) is 3.88. The molecule has 1 aromatic rings. The first kappa shape index (κ1) is 18.9. The van der Waals surface area contributed by atoms with E-state index in [-0.39, 0.29) is 29.7 Å². The van der Waals surface area contributed by atoms with Crippen molar-refractivity contribution in [2.45, 2.75) is 64.3 Å². The number of hydrogen-bond acceptors (Lipinski definition) is 2. The van der Waals surface area contributed by atoms with E-state index in [9.17, 15) is 9.59 Å². The van der Waals surface area contributed by atoms with Crippen molar-refractivity contribution >= 4 is 11.8 Å². The number of benzene rings is 1. The maximum Gasteiger partial charge on any atom is 0.225 e. The lowest BCUT2D eigenvalue weighted by atomic mass is 9.94. The summed E-state index contributed by atoms with van der Waals surface area (Å²) >= 11 is 0. The second-order valence-electron chi connectivity index (χ2n) is 7.87. The largest absolute Gasteiger partial charge is 0.349 e. The summed E-state index contributed by atoms with van der Waals surface area (Å²) in [6, 6.07) is 10.3. The number of nitrogens with one attached hydrogen (secondary N) is 1. The minimum absolute atomic E-state index is 0.0659. The smallest absolute Gasteiger partial charge is 0.225 e. The number of rotatable bonds is 8. The van der Waals surface area contributed by atoms with Gasteiger partial charge in [-0.05, 0) is 37.7 Å². The Morgan fingerprint density at radius 1 is 1.12 bits per heavy atom. The minimum Gasteiger partial charge on any atom is -0.349 e. The van der Waals surface area contributed by atoms with Crippen LogP contribution in [0.2, 0.25) is 0 Å². The molecule has 4 nitrogen and oxygen atoms in total. The van der Waals surface area contributed by atoms with Crippen LogP contribution in [-0.2, 0) is 9.59 Å². The lowest BCUT2D eigenvalue weighted by Crippen LogP contribution is -2.46. The minimum atomic E-state index is -0.0659. The molecular formula is C22H32N2O2. The number of unbranched alkanes of at least 4 members (excludes halogenated alkanes) is 2. The molecule has 1 aliphatic carbocycles. The standard InChI is InChI=1S/C22H32N2O2/c1-2-3-5-12-20(17-9-6-4-7-10-17)23-21(25)19-11-8-15-24(16-19)22(26)18-13-14-18/h4,6-7,9-10,18-20H,2-3,5,8,11-16H2,1H3,(H,23,25). The fraction of sp³-hybridized carbons (Fsp3) is 0.636. The quantitative estimate of drug-likeness (QED) is 0.714. The van der Waals surface area contributed by atoms with Crippen LogP contribution in [0.5, 0.6) is 0 Å². The Bertz CT molecular complexity index is 597. The average Bonchev–Trinajstić information content (AvgIpc) is 3.53. The van der Waals surface area contributed by atoms with Crippen molar-refractivity contribution < 1.29 is 9.59 Å². The van der Waals surface area contributed by atoms with Crippen LogP contribution in [0.25, 0.3) is 0 Å². The van der Waals surface area contributed by atoms with Crippen LogP contribution in [0.3, 0.4) is 0 Å². The molecule has 2 fully saturated rings. The lowest BCUT2D eigenvalue weighted by molar-refractivity contribution is -0.137. The molecule has 0 aromatic heterocycles. The third-order valence-electron chi connectivity index (χ3n) is 5.65. The zero-order chi connectivity index (χ0) is 18.4. The molecule has 2 aliphatic rings. The molecule has 2 amide bonds. The average molecular weight is 357 g/mol. The van der Waals surface area contributed by atoms with Crippen molar-refractivity contribution in [3.05, 3.63) is 35.9 Å². The Balaban J connectivity index is 1.59. The topological polar surface area (TPSA) is 49.4 Å². The Hall–Kier alpha value is -1.84. The number of carbonyl (C=O) groups excluding carboxylic acids is 2. The third-order valence-corrected chi connectivity index (χ3v) is 5.65. The van der Waals surface area contributed by atoms with Gasteiger partial charge in [0, 0.05) is 19.0 Å². The van der Waals surface area contributed by atoms with Gasteiger partial charge in [0.2, 0.25) is 11.8 Å². The summed E-state index contributed by atoms with van der Waals surface area (Å²) in [6.07, 6.45) is 8.33. The predicted molar refractivity (Wildman–Crippen MR) is 103 cm³/mol. The van der Waals surface area contributed by atoms with Crippen LogP contribution in [0.1, 0.15) is 69.9 Å². The molecule has 1 aliphatic heterocycles. The molecule has 0 bridgehead atoms. The summed E-state index contributed by atoms with van der Waals surface area (Å²) in [5.41, 5.74) is 1.18. The van der Waals surface area contributed by atoms with E-state index >= 15 is 0 Å². The fourth-order valence-electron chi connectivity index (χ4n) is 3.88. The molecule has 1 N–H and O–H groups in total. The van der Waals surface area contributed by atoms with Gasteiger partial charge in [-0.3, -0.25) is 9.59 Å². The number of carbonyl (C=O) groups is 2. The van der Waals surface area contributed by atoms with E-state index in [1.165, 1.54) is 18.4 Å². The summed E-state index contributed by atoms with van der Waals surface area (Å²) in [6.45, 7) is 3.61. The molecule has 1 saturated heterocycles. The van der Waals surface area contributed by atoms with Crippen molar-refractivity contribution in [2.24, 2.45) is 11.8 Å². The van der Waals surface area contributed by atoms with E-state index in [1.54, 1.807) is 0 Å². The Morgan fingerprint density at radius 3 is 2.58 bits per heavy atom. The maximum atomic E-state index is 12.9. The van der Waals surface area contributed by atoms with Crippen LogP contribution < -0.4 is 5.32 Å². The zero-order valence-corrected chi connectivity index (χ0v) is 16.0. The molecule has 3 rings (SSSR count). The van der Waals surface area contributed by atoms with Crippen LogP contribution in [0.4, 0.5) is 0 Å². The Morgan fingerprint density at radius 2 is 1.88 bits per heavy atom. The van der Waals surface area contributed by atoms with Crippen LogP contribution in [-0.4, -0.2) is 29.8 Å². The van der Waals surface area contributed by atoms with E-state index < -0.39 is 0 Å². The molecule has 1 heterocycles. The number of hydrogen-bond donors (Lipinski definition) is 1. The van der Waals surface area contributed by atoms with Crippen molar-refractivity contribution in [2.75, 3.05) is 13.1 Å². The predicted octanol–water partition coefficient (Wildman–Crippen LogP) is 4.07. The molecule has 4 heteroatoms. The first-order chi connectivity index (χ1) is 12.7. The maximum absolute atomic E-state index is 12.9. The van der Waals surface area contributed by atoms with Gasteiger partial charge in [0.1, 0.15) is 0 Å². The monoisotopic (exact) mass is 356 g/mol. The van der Waals surface area contributed by atoms with Crippen LogP contribution in [0, 0.1) is 11.8 Å². The summed E-state index contributed by atoms with van der Waals surface area (Å²) in [5, 5.41) is 3.29. The molecular weight excluding hydrogens is 324 g/mol. The van der Waals surface area contributed by atoms with E-state index in [4.69, 9.17) is 0 Å². The molecule has 142 valence electrons. The number of amides is 2. The molecule has 26 heavy (non-hydrogen) atoms. The highest BCUT2D eigenvalue weighted by molar-refractivity contribution is 5.83. The van der Waals surface area contributed by atoms with E-state index in [2.05, 4.69) is 24.4 Å². The SMILES string of the molecule is CCCCCC(NC(=O)C1CCCN(C(=O)C2CC2)C1)c1ccccc1. The second kappa shape index (κ2) is 9.20. The third kappa shape index (κ3) is 5.09. The molecule has 0 radical (unpaired) electrons. The molecule has 1 aromatic carbocycles. The number of nitrogens with zero attached hydrogens (tertiary/aromatic N) is 1. The lowest BCUT2D eigenvalue weighted by Gasteiger charge is -2.33. The molecule has 2 unspecified atom stereocenters. The summed E-state index contributed by atoms with van der Waals surface area (Å²) in [7, 11) is 0. The van der Waals surface area contributed by atoms with Crippen molar-refractivity contribution in [3.8, 4) is 0 Å². The molecule has 2 atom stereocenters. The number of likely N-dealkylation sites (tertiary alicyclic amines) is 1. The van der Waals surface area contributed by atoms with Gasteiger partial charge in [-0.1, -0.05) is 56.5 Å². The summed E-state index contributed by atoms with van der Waals surface area (Å²) in [4.78, 5) is 27.2. The Kier molecular flexibility index (Phi) is 6.70. The van der Waals surface area contributed by atoms with Crippen LogP contribution in [0.15, 0.2) is 30.3 Å². The van der Waals surface area contributed by atoms with Gasteiger partial charge in [0.25, 0.3) is 0 Å². The Labute approximate surface area is 157 Å². The first-order valence-corrected chi connectivity index (χ1v) is 10.3. The van der Waals surface area contributed by atoms with Gasteiger partial charge in [-0.15, -0.1) is 0 Å².